The Balaban J connectivity index is 1.71. The Hall–Kier alpha value is -2.63. The molecule has 9 nitrogen and oxygen atoms in total. The van der Waals surface area contributed by atoms with Crippen LogP contribution >= 0.6 is 0 Å². The maximum absolute atomic E-state index is 12.9. The number of nitrogens with zero attached hydrogens (tertiary/aromatic N) is 2. The van der Waals surface area contributed by atoms with E-state index < -0.39 is 32.5 Å². The molecule has 1 aliphatic heterocycles. The third kappa shape index (κ3) is 6.46. The standard InChI is InChI=1S/C22H29N3O6S2/c1-31-20-9-7-8-19(16-20)25(32(2,27)28)17-22(26)23-18-10-12-21(13-11-18)33(29,30)24-14-5-3-4-6-15-24/h7-13,16H,3-6,14-15,17H2,1-2H3,(H,23,26). The number of carbonyl (C=O) groups excluding carboxylic acids is 1. The normalized spacial score (nSPS) is 15.5. The van der Waals surface area contributed by atoms with E-state index >= 15 is 0 Å². The Bertz CT molecular complexity index is 1170. The van der Waals surface area contributed by atoms with Gasteiger partial charge in [-0.2, -0.15) is 4.31 Å². The average molecular weight is 496 g/mol. The first kappa shape index (κ1) is 25.0. The zero-order chi connectivity index (χ0) is 24.1. The van der Waals surface area contributed by atoms with E-state index in [1.54, 1.807) is 18.2 Å². The maximum atomic E-state index is 12.9. The first-order chi connectivity index (χ1) is 15.6. The van der Waals surface area contributed by atoms with Gasteiger partial charge in [-0.1, -0.05) is 18.9 Å². The number of benzene rings is 2. The van der Waals surface area contributed by atoms with E-state index in [1.807, 2.05) is 0 Å². The first-order valence-corrected chi connectivity index (χ1v) is 13.9. The van der Waals surface area contributed by atoms with E-state index in [-0.39, 0.29) is 4.90 Å². The van der Waals surface area contributed by atoms with Crippen LogP contribution in [-0.2, 0) is 24.8 Å². The number of amides is 1. The third-order valence-electron chi connectivity index (χ3n) is 5.37. The van der Waals surface area contributed by atoms with Crippen molar-refractivity contribution < 1.29 is 26.4 Å². The van der Waals surface area contributed by atoms with Gasteiger partial charge in [-0.15, -0.1) is 0 Å². The van der Waals surface area contributed by atoms with E-state index in [1.165, 1.54) is 41.7 Å². The third-order valence-corrected chi connectivity index (χ3v) is 8.42. The number of sulfonamides is 2. The van der Waals surface area contributed by atoms with Crippen LogP contribution in [0.1, 0.15) is 25.7 Å². The largest absolute Gasteiger partial charge is 0.497 e. The van der Waals surface area contributed by atoms with Crippen LogP contribution in [-0.4, -0.2) is 60.0 Å². The topological polar surface area (TPSA) is 113 Å². The van der Waals surface area contributed by atoms with Gasteiger partial charge in [0.15, 0.2) is 0 Å². The minimum absolute atomic E-state index is 0.163. The molecule has 0 aromatic heterocycles. The molecule has 0 aliphatic carbocycles. The molecular formula is C22H29N3O6S2. The second-order valence-corrected chi connectivity index (χ2v) is 11.7. The lowest BCUT2D eigenvalue weighted by molar-refractivity contribution is -0.114. The smallest absolute Gasteiger partial charge is 0.245 e. The van der Waals surface area contributed by atoms with Gasteiger partial charge in [-0.05, 0) is 49.2 Å². The molecule has 1 fully saturated rings. The molecule has 1 amide bonds. The fourth-order valence-corrected chi connectivity index (χ4v) is 6.00. The highest BCUT2D eigenvalue weighted by Gasteiger charge is 2.25. The summed E-state index contributed by atoms with van der Waals surface area (Å²) in [5.74, 6) is -0.103. The average Bonchev–Trinajstić information content (AvgIpc) is 3.07. The molecule has 1 aliphatic rings. The molecule has 0 unspecified atom stereocenters. The quantitative estimate of drug-likeness (QED) is 0.602. The van der Waals surface area contributed by atoms with Crippen LogP contribution in [0, 0.1) is 0 Å². The molecule has 33 heavy (non-hydrogen) atoms. The molecule has 2 aromatic rings. The second-order valence-electron chi connectivity index (χ2n) is 7.86. The monoisotopic (exact) mass is 495 g/mol. The zero-order valence-electron chi connectivity index (χ0n) is 18.7. The molecule has 0 saturated carbocycles. The van der Waals surface area contributed by atoms with E-state index in [4.69, 9.17) is 4.74 Å². The summed E-state index contributed by atoms with van der Waals surface area (Å²) in [5, 5.41) is 2.63. The SMILES string of the molecule is COc1cccc(N(CC(=O)Nc2ccc(S(=O)(=O)N3CCCCCC3)cc2)S(C)(=O)=O)c1. The number of carbonyl (C=O) groups is 1. The summed E-state index contributed by atoms with van der Waals surface area (Å²) in [7, 11) is -5.86. The van der Waals surface area contributed by atoms with E-state index in [0.29, 0.717) is 30.2 Å². The molecule has 3 rings (SSSR count). The molecule has 180 valence electrons. The minimum Gasteiger partial charge on any atom is -0.497 e. The Morgan fingerprint density at radius 2 is 1.64 bits per heavy atom. The maximum Gasteiger partial charge on any atom is 0.245 e. The Morgan fingerprint density at radius 1 is 1.00 bits per heavy atom. The highest BCUT2D eigenvalue weighted by atomic mass is 32.2. The Labute approximate surface area is 195 Å². The number of rotatable bonds is 8. The van der Waals surface area contributed by atoms with Crippen molar-refractivity contribution in [2.24, 2.45) is 0 Å². The van der Waals surface area contributed by atoms with Gasteiger partial charge >= 0.3 is 0 Å². The molecule has 0 bridgehead atoms. The molecular weight excluding hydrogens is 466 g/mol. The summed E-state index contributed by atoms with van der Waals surface area (Å²) in [5.41, 5.74) is 0.666. The molecule has 11 heteroatoms. The summed E-state index contributed by atoms with van der Waals surface area (Å²) >= 11 is 0. The number of anilines is 2. The van der Waals surface area contributed by atoms with Crippen molar-refractivity contribution in [2.75, 3.05) is 42.6 Å². The van der Waals surface area contributed by atoms with Crippen molar-refractivity contribution >= 4 is 37.3 Å². The predicted octanol–water partition coefficient (Wildman–Crippen LogP) is 2.66. The molecule has 0 spiro atoms. The van der Waals surface area contributed by atoms with Crippen LogP contribution in [0.4, 0.5) is 11.4 Å². The zero-order valence-corrected chi connectivity index (χ0v) is 20.4. The number of hydrogen-bond acceptors (Lipinski definition) is 6. The van der Waals surface area contributed by atoms with Crippen LogP contribution in [0.5, 0.6) is 5.75 Å². The van der Waals surface area contributed by atoms with Crippen molar-refractivity contribution in [3.8, 4) is 5.75 Å². The van der Waals surface area contributed by atoms with Crippen LogP contribution in [0.25, 0.3) is 0 Å². The Kier molecular flexibility index (Phi) is 7.98. The molecule has 0 atom stereocenters. The second kappa shape index (κ2) is 10.5. The minimum atomic E-state index is -3.74. The van der Waals surface area contributed by atoms with Crippen LogP contribution in [0.2, 0.25) is 0 Å². The number of methoxy groups -OCH3 is 1. The molecule has 2 aromatic carbocycles. The predicted molar refractivity (Wildman–Crippen MR) is 127 cm³/mol. The summed E-state index contributed by atoms with van der Waals surface area (Å²) in [6.45, 7) is 0.568. The van der Waals surface area contributed by atoms with Crippen LogP contribution in [0.3, 0.4) is 0 Å². The highest BCUT2D eigenvalue weighted by molar-refractivity contribution is 7.92. The van der Waals surface area contributed by atoms with Gasteiger partial charge in [0, 0.05) is 24.8 Å². The van der Waals surface area contributed by atoms with E-state index in [9.17, 15) is 21.6 Å². The Morgan fingerprint density at radius 3 is 2.21 bits per heavy atom. The summed E-state index contributed by atoms with van der Waals surface area (Å²) < 4.78 is 58.0. The lowest BCUT2D eigenvalue weighted by Gasteiger charge is -2.22. The van der Waals surface area contributed by atoms with Crippen molar-refractivity contribution in [3.05, 3.63) is 48.5 Å². The van der Waals surface area contributed by atoms with E-state index in [2.05, 4.69) is 5.32 Å². The fourth-order valence-electron chi connectivity index (χ4n) is 3.64. The summed E-state index contributed by atoms with van der Waals surface area (Å²) in [6.07, 6.45) is 4.76. The van der Waals surface area contributed by atoms with Gasteiger partial charge < -0.3 is 10.1 Å². The first-order valence-electron chi connectivity index (χ1n) is 10.6. The summed E-state index contributed by atoms with van der Waals surface area (Å²) in [4.78, 5) is 12.8. The molecule has 0 radical (unpaired) electrons. The van der Waals surface area contributed by atoms with E-state index in [0.717, 1.165) is 36.2 Å². The van der Waals surface area contributed by atoms with Crippen molar-refractivity contribution in [1.82, 2.24) is 4.31 Å². The van der Waals surface area contributed by atoms with Crippen LogP contribution in [0.15, 0.2) is 53.4 Å². The molecule has 1 N–H and O–H groups in total. The number of nitrogens with one attached hydrogen (secondary N) is 1. The van der Waals surface area contributed by atoms with Gasteiger partial charge in [0.2, 0.25) is 26.0 Å². The summed E-state index contributed by atoms with van der Waals surface area (Å²) in [6, 6.07) is 12.3. The van der Waals surface area contributed by atoms with Gasteiger partial charge in [-0.25, -0.2) is 16.8 Å². The lowest BCUT2D eigenvalue weighted by atomic mass is 10.2. The van der Waals surface area contributed by atoms with Crippen molar-refractivity contribution in [3.63, 3.8) is 0 Å². The lowest BCUT2D eigenvalue weighted by Crippen LogP contribution is -2.37. The van der Waals surface area contributed by atoms with Gasteiger partial charge in [0.1, 0.15) is 12.3 Å². The number of ether oxygens (including phenoxy) is 1. The van der Waals surface area contributed by atoms with Gasteiger partial charge in [-0.3, -0.25) is 9.10 Å². The molecule has 1 heterocycles. The van der Waals surface area contributed by atoms with Crippen molar-refractivity contribution in [1.29, 1.82) is 0 Å². The fraction of sp³-hybridized carbons (Fsp3) is 0.409. The van der Waals surface area contributed by atoms with Gasteiger partial charge in [0.05, 0.1) is 23.9 Å². The van der Waals surface area contributed by atoms with Crippen LogP contribution < -0.4 is 14.4 Å². The van der Waals surface area contributed by atoms with Gasteiger partial charge in [0.25, 0.3) is 0 Å². The highest BCUT2D eigenvalue weighted by Crippen LogP contribution is 2.24. The number of hydrogen-bond donors (Lipinski definition) is 1. The van der Waals surface area contributed by atoms with Crippen molar-refractivity contribution in [2.45, 2.75) is 30.6 Å². The molecule has 1 saturated heterocycles.